The van der Waals surface area contributed by atoms with Crippen LogP contribution in [0.5, 0.6) is 0 Å². The van der Waals surface area contributed by atoms with E-state index in [1.807, 2.05) is 4.90 Å². The number of fused-ring (bicyclic) bond motifs is 1. The average Bonchev–Trinajstić information content (AvgIpc) is 3.12. The molecule has 2 atom stereocenters. The van der Waals surface area contributed by atoms with Gasteiger partial charge in [0, 0.05) is 51.8 Å². The van der Waals surface area contributed by atoms with Crippen LogP contribution in [0.4, 0.5) is 0 Å². The number of amides is 1. The lowest BCUT2D eigenvalue weighted by molar-refractivity contribution is -0.140. The van der Waals surface area contributed by atoms with Gasteiger partial charge in [0.2, 0.25) is 5.91 Å². The van der Waals surface area contributed by atoms with Gasteiger partial charge in [-0.05, 0) is 44.4 Å². The van der Waals surface area contributed by atoms with Crippen molar-refractivity contribution < 1.29 is 18.3 Å². The largest absolute Gasteiger partial charge is 0.396 e. The van der Waals surface area contributed by atoms with Gasteiger partial charge in [0.15, 0.2) is 0 Å². The summed E-state index contributed by atoms with van der Waals surface area (Å²) in [6.45, 7) is 3.14. The van der Waals surface area contributed by atoms with Crippen LogP contribution in [-0.4, -0.2) is 78.3 Å². The molecular formula is C16H29N3O4S. The van der Waals surface area contributed by atoms with Crippen molar-refractivity contribution in [2.45, 2.75) is 51.0 Å². The van der Waals surface area contributed by atoms with Gasteiger partial charge in [-0.15, -0.1) is 0 Å². The SMILES string of the molecule is O=C1CC[C@H]2CN(S(=O)(=O)N3CCCC3)CC[C@H]2N1CCCCO. The molecule has 7 nitrogen and oxygen atoms in total. The minimum atomic E-state index is -3.33. The Morgan fingerprint density at radius 1 is 1.04 bits per heavy atom. The fourth-order valence-corrected chi connectivity index (χ4v) is 6.06. The van der Waals surface area contributed by atoms with Crippen LogP contribution in [-0.2, 0) is 15.0 Å². The quantitative estimate of drug-likeness (QED) is 0.697. The van der Waals surface area contributed by atoms with Gasteiger partial charge in [-0.2, -0.15) is 17.0 Å². The van der Waals surface area contributed by atoms with Crippen molar-refractivity contribution in [3.8, 4) is 0 Å². The molecule has 24 heavy (non-hydrogen) atoms. The van der Waals surface area contributed by atoms with Gasteiger partial charge in [-0.25, -0.2) is 0 Å². The Kier molecular flexibility index (Phi) is 5.79. The predicted molar refractivity (Wildman–Crippen MR) is 90.5 cm³/mol. The molecule has 0 aromatic heterocycles. The van der Waals surface area contributed by atoms with Gasteiger partial charge in [-0.3, -0.25) is 4.79 Å². The molecule has 3 fully saturated rings. The predicted octanol–water partition coefficient (Wildman–Crippen LogP) is 0.412. The van der Waals surface area contributed by atoms with E-state index in [9.17, 15) is 13.2 Å². The van der Waals surface area contributed by atoms with Crippen LogP contribution in [0.3, 0.4) is 0 Å². The van der Waals surface area contributed by atoms with E-state index in [-0.39, 0.29) is 24.5 Å². The van der Waals surface area contributed by atoms with E-state index < -0.39 is 10.2 Å². The molecular weight excluding hydrogens is 330 g/mol. The van der Waals surface area contributed by atoms with E-state index in [1.165, 1.54) is 0 Å². The Balaban J connectivity index is 1.64. The second-order valence-corrected chi connectivity index (χ2v) is 9.07. The summed E-state index contributed by atoms with van der Waals surface area (Å²) in [4.78, 5) is 14.2. The number of piperidine rings is 2. The van der Waals surface area contributed by atoms with Crippen molar-refractivity contribution in [3.63, 3.8) is 0 Å². The highest BCUT2D eigenvalue weighted by molar-refractivity contribution is 7.86. The van der Waals surface area contributed by atoms with Gasteiger partial charge >= 0.3 is 0 Å². The Labute approximate surface area is 144 Å². The minimum Gasteiger partial charge on any atom is -0.396 e. The maximum Gasteiger partial charge on any atom is 0.281 e. The molecule has 3 heterocycles. The van der Waals surface area contributed by atoms with Crippen LogP contribution in [0.2, 0.25) is 0 Å². The number of rotatable bonds is 6. The summed E-state index contributed by atoms with van der Waals surface area (Å²) >= 11 is 0. The summed E-state index contributed by atoms with van der Waals surface area (Å²) < 4.78 is 28.8. The molecule has 0 aromatic carbocycles. The maximum atomic E-state index is 12.8. The summed E-state index contributed by atoms with van der Waals surface area (Å²) in [6, 6.07) is 0.162. The van der Waals surface area contributed by atoms with E-state index in [1.54, 1.807) is 8.61 Å². The molecule has 0 bridgehead atoms. The van der Waals surface area contributed by atoms with Crippen molar-refractivity contribution in [3.05, 3.63) is 0 Å². The zero-order valence-corrected chi connectivity index (χ0v) is 15.1. The van der Waals surface area contributed by atoms with Crippen LogP contribution in [0, 0.1) is 5.92 Å². The normalized spacial score (nSPS) is 29.9. The highest BCUT2D eigenvalue weighted by Crippen LogP contribution is 2.33. The fraction of sp³-hybridized carbons (Fsp3) is 0.938. The lowest BCUT2D eigenvalue weighted by atomic mass is 9.84. The second kappa shape index (κ2) is 7.68. The highest BCUT2D eigenvalue weighted by Gasteiger charge is 2.43. The number of carbonyl (C=O) groups is 1. The van der Waals surface area contributed by atoms with Crippen LogP contribution >= 0.6 is 0 Å². The first-order valence-electron chi connectivity index (χ1n) is 9.19. The minimum absolute atomic E-state index is 0.151. The van der Waals surface area contributed by atoms with Crippen LogP contribution < -0.4 is 0 Å². The van der Waals surface area contributed by atoms with Gasteiger partial charge in [0.25, 0.3) is 10.2 Å². The number of hydrogen-bond donors (Lipinski definition) is 1. The van der Waals surface area contributed by atoms with Gasteiger partial charge in [-0.1, -0.05) is 0 Å². The third-order valence-corrected chi connectivity index (χ3v) is 7.63. The van der Waals surface area contributed by atoms with E-state index in [4.69, 9.17) is 5.11 Å². The first-order valence-corrected chi connectivity index (χ1v) is 10.6. The molecule has 0 aliphatic carbocycles. The molecule has 1 amide bonds. The van der Waals surface area contributed by atoms with Gasteiger partial charge < -0.3 is 10.0 Å². The zero-order valence-electron chi connectivity index (χ0n) is 14.3. The Morgan fingerprint density at radius 2 is 1.79 bits per heavy atom. The molecule has 138 valence electrons. The van der Waals surface area contributed by atoms with E-state index in [0.29, 0.717) is 45.6 Å². The highest BCUT2D eigenvalue weighted by atomic mass is 32.2. The molecule has 1 N–H and O–H groups in total. The lowest BCUT2D eigenvalue weighted by Gasteiger charge is -2.47. The van der Waals surface area contributed by atoms with Crippen LogP contribution in [0.25, 0.3) is 0 Å². The maximum absolute atomic E-state index is 12.8. The van der Waals surface area contributed by atoms with E-state index >= 15 is 0 Å². The van der Waals surface area contributed by atoms with E-state index in [0.717, 1.165) is 32.1 Å². The molecule has 3 aliphatic heterocycles. The van der Waals surface area contributed by atoms with Crippen molar-refractivity contribution >= 4 is 16.1 Å². The molecule has 0 radical (unpaired) electrons. The average molecular weight is 359 g/mol. The smallest absolute Gasteiger partial charge is 0.281 e. The van der Waals surface area contributed by atoms with Crippen molar-refractivity contribution in [2.24, 2.45) is 5.92 Å². The number of hydrogen-bond acceptors (Lipinski definition) is 4. The summed E-state index contributed by atoms with van der Waals surface area (Å²) in [7, 11) is -3.33. The third-order valence-electron chi connectivity index (χ3n) is 5.63. The monoisotopic (exact) mass is 359 g/mol. The summed E-state index contributed by atoms with van der Waals surface area (Å²) in [5.41, 5.74) is 0. The number of aliphatic hydroxyl groups excluding tert-OH is 1. The molecule has 0 saturated carbocycles. The third kappa shape index (κ3) is 3.61. The Hall–Kier alpha value is -0.700. The second-order valence-electron chi connectivity index (χ2n) is 7.14. The standard InChI is InChI=1S/C16H29N3O4S/c20-12-4-3-10-19-15-7-11-18(13-14(15)5-6-16(19)21)24(22,23)17-8-1-2-9-17/h14-15,20H,1-13H2/t14-,15+/m0/s1. The van der Waals surface area contributed by atoms with Gasteiger partial charge in [0.05, 0.1) is 0 Å². The number of carbonyl (C=O) groups excluding carboxylic acids is 1. The summed E-state index contributed by atoms with van der Waals surface area (Å²) in [5.74, 6) is 0.424. The van der Waals surface area contributed by atoms with Crippen molar-refractivity contribution in [2.75, 3.05) is 39.3 Å². The molecule has 3 aliphatic rings. The van der Waals surface area contributed by atoms with Crippen molar-refractivity contribution in [1.82, 2.24) is 13.5 Å². The zero-order chi connectivity index (χ0) is 17.2. The number of aliphatic hydroxyl groups is 1. The van der Waals surface area contributed by atoms with Crippen LogP contribution in [0.15, 0.2) is 0 Å². The summed E-state index contributed by atoms with van der Waals surface area (Å²) in [5, 5.41) is 8.94. The van der Waals surface area contributed by atoms with Crippen molar-refractivity contribution in [1.29, 1.82) is 0 Å². The van der Waals surface area contributed by atoms with Crippen LogP contribution in [0.1, 0.15) is 44.9 Å². The summed E-state index contributed by atoms with van der Waals surface area (Å²) in [6.07, 6.45) is 5.43. The first kappa shape index (κ1) is 18.1. The first-order chi connectivity index (χ1) is 11.5. The topological polar surface area (TPSA) is 81.2 Å². The molecule has 0 unspecified atom stereocenters. The number of likely N-dealkylation sites (tertiary alicyclic amines) is 1. The van der Waals surface area contributed by atoms with E-state index in [2.05, 4.69) is 0 Å². The molecule has 3 saturated heterocycles. The number of unbranched alkanes of at least 4 members (excludes halogenated alkanes) is 1. The molecule has 0 spiro atoms. The molecule has 8 heteroatoms. The lowest BCUT2D eigenvalue weighted by Crippen LogP contribution is -2.58. The van der Waals surface area contributed by atoms with Gasteiger partial charge in [0.1, 0.15) is 0 Å². The molecule has 0 aromatic rings. The molecule has 3 rings (SSSR count). The Morgan fingerprint density at radius 3 is 2.50 bits per heavy atom. The number of nitrogens with zero attached hydrogens (tertiary/aromatic N) is 3. The fourth-order valence-electron chi connectivity index (χ4n) is 4.29. The Bertz CT molecular complexity index is 548.